The van der Waals surface area contributed by atoms with Crippen LogP contribution in [0.15, 0.2) is 0 Å². The maximum atomic E-state index is 3.58. The number of nitrogens with one attached hydrogen (secondary N) is 1. The highest BCUT2D eigenvalue weighted by Crippen LogP contribution is 2.19. The Kier molecular flexibility index (Phi) is 13.5. The van der Waals surface area contributed by atoms with E-state index in [1.165, 1.54) is 70.8 Å². The molecule has 1 N–H and O–H groups in total. The summed E-state index contributed by atoms with van der Waals surface area (Å²) in [5.74, 6) is 0. The van der Waals surface area contributed by atoms with Crippen molar-refractivity contribution in [1.82, 2.24) is 5.32 Å². The summed E-state index contributed by atoms with van der Waals surface area (Å²) >= 11 is 1.95. The lowest BCUT2D eigenvalue weighted by Crippen LogP contribution is -2.32. The van der Waals surface area contributed by atoms with E-state index in [0.29, 0.717) is 4.75 Å². The van der Waals surface area contributed by atoms with Gasteiger partial charge < -0.3 is 5.32 Å². The number of unbranched alkanes of at least 4 members (excludes halogenated alkanes) is 9. The quantitative estimate of drug-likeness (QED) is 0.415. The molecular weight excluding hydrogens is 250 g/mol. The Balaban J connectivity index is 3.07. The van der Waals surface area contributed by atoms with Gasteiger partial charge in [0.1, 0.15) is 0 Å². The molecule has 0 aromatic carbocycles. The summed E-state index contributed by atoms with van der Waals surface area (Å²) in [6, 6.07) is 0. The average molecular weight is 288 g/mol. The minimum absolute atomic E-state index is 0.387. The maximum absolute atomic E-state index is 3.58. The van der Waals surface area contributed by atoms with E-state index in [4.69, 9.17) is 0 Å². The number of rotatable bonds is 14. The highest BCUT2D eigenvalue weighted by Gasteiger charge is 2.14. The lowest BCUT2D eigenvalue weighted by Gasteiger charge is -2.22. The van der Waals surface area contributed by atoms with Crippen LogP contribution in [-0.4, -0.2) is 24.1 Å². The van der Waals surface area contributed by atoms with E-state index in [1.54, 1.807) is 0 Å². The molecule has 0 unspecified atom stereocenters. The zero-order valence-corrected chi connectivity index (χ0v) is 14.7. The Morgan fingerprint density at radius 2 is 1.26 bits per heavy atom. The number of hydrogen-bond acceptors (Lipinski definition) is 2. The smallest absolute Gasteiger partial charge is 0.0225 e. The predicted octanol–water partition coefficient (Wildman–Crippen LogP) is 5.64. The zero-order valence-electron chi connectivity index (χ0n) is 13.9. The summed E-state index contributed by atoms with van der Waals surface area (Å²) in [4.78, 5) is 0. The Morgan fingerprint density at radius 1 is 0.789 bits per heavy atom. The van der Waals surface area contributed by atoms with E-state index in [2.05, 4.69) is 32.3 Å². The van der Waals surface area contributed by atoms with Gasteiger partial charge in [0, 0.05) is 11.3 Å². The van der Waals surface area contributed by atoms with Crippen LogP contribution in [0.1, 0.15) is 85.0 Å². The molecule has 0 aliphatic rings. The number of hydrogen-bond donors (Lipinski definition) is 1. The fourth-order valence-corrected chi connectivity index (χ4v) is 2.45. The summed E-state index contributed by atoms with van der Waals surface area (Å²) in [5, 5.41) is 3.58. The molecule has 1 nitrogen and oxygen atoms in total. The second-order valence-corrected chi connectivity index (χ2v) is 7.84. The molecule has 0 atom stereocenters. The first kappa shape index (κ1) is 19.3. The Hall–Kier alpha value is 0.310. The van der Waals surface area contributed by atoms with Gasteiger partial charge in [0.05, 0.1) is 0 Å². The summed E-state index contributed by atoms with van der Waals surface area (Å²) in [7, 11) is 0. The van der Waals surface area contributed by atoms with Crippen LogP contribution in [0.5, 0.6) is 0 Å². The molecule has 0 aliphatic heterocycles. The molecule has 0 heterocycles. The van der Waals surface area contributed by atoms with Crippen LogP contribution in [0.25, 0.3) is 0 Å². The van der Waals surface area contributed by atoms with Gasteiger partial charge in [-0.2, -0.15) is 11.8 Å². The predicted molar refractivity (Wildman–Crippen MR) is 92.3 cm³/mol. The molecule has 0 spiro atoms. The first-order chi connectivity index (χ1) is 9.12. The van der Waals surface area contributed by atoms with Gasteiger partial charge >= 0.3 is 0 Å². The van der Waals surface area contributed by atoms with E-state index in [0.717, 1.165) is 6.54 Å². The van der Waals surface area contributed by atoms with Gasteiger partial charge in [-0.1, -0.05) is 64.7 Å². The Morgan fingerprint density at radius 3 is 1.74 bits per heavy atom. The van der Waals surface area contributed by atoms with Crippen LogP contribution in [-0.2, 0) is 0 Å². The molecule has 0 aromatic rings. The van der Waals surface area contributed by atoms with Crippen molar-refractivity contribution in [3.8, 4) is 0 Å². The summed E-state index contributed by atoms with van der Waals surface area (Å²) < 4.78 is 0.387. The molecule has 0 saturated carbocycles. The van der Waals surface area contributed by atoms with Gasteiger partial charge in [0.2, 0.25) is 0 Å². The molecule has 0 saturated heterocycles. The largest absolute Gasteiger partial charge is 0.315 e. The van der Waals surface area contributed by atoms with E-state index in [1.807, 2.05) is 11.8 Å². The van der Waals surface area contributed by atoms with Crippen molar-refractivity contribution in [2.45, 2.75) is 89.7 Å². The maximum Gasteiger partial charge on any atom is 0.0225 e. The summed E-state index contributed by atoms with van der Waals surface area (Å²) in [5.41, 5.74) is 0. The van der Waals surface area contributed by atoms with Crippen molar-refractivity contribution < 1.29 is 0 Å². The summed E-state index contributed by atoms with van der Waals surface area (Å²) in [6.45, 7) is 9.23. The molecule has 0 aliphatic carbocycles. The van der Waals surface area contributed by atoms with Gasteiger partial charge in [-0.05, 0) is 33.1 Å². The highest BCUT2D eigenvalue weighted by molar-refractivity contribution is 7.99. The fraction of sp³-hybridized carbons (Fsp3) is 1.00. The van der Waals surface area contributed by atoms with Crippen molar-refractivity contribution >= 4 is 11.8 Å². The van der Waals surface area contributed by atoms with Gasteiger partial charge in [0.15, 0.2) is 0 Å². The Labute approximate surface area is 126 Å². The van der Waals surface area contributed by atoms with Gasteiger partial charge in [-0.25, -0.2) is 0 Å². The molecule has 116 valence electrons. The summed E-state index contributed by atoms with van der Waals surface area (Å²) in [6.07, 6.45) is 16.4. The van der Waals surface area contributed by atoms with Crippen molar-refractivity contribution in [3.05, 3.63) is 0 Å². The third kappa shape index (κ3) is 14.5. The molecule has 0 fully saturated rings. The second-order valence-electron chi connectivity index (χ2n) is 6.32. The molecule has 0 rings (SSSR count). The fourth-order valence-electron chi connectivity index (χ4n) is 2.20. The first-order valence-corrected chi connectivity index (χ1v) is 9.60. The first-order valence-electron chi connectivity index (χ1n) is 8.38. The molecule has 2 heteroatoms. The van der Waals surface area contributed by atoms with Crippen molar-refractivity contribution in [2.24, 2.45) is 0 Å². The standard InChI is InChI=1S/C17H37NS/c1-5-6-7-8-9-10-11-12-13-14-15-18-16-17(2,3)19-4/h18H,5-16H2,1-4H3. The van der Waals surface area contributed by atoms with E-state index in [9.17, 15) is 0 Å². The molecule has 0 amide bonds. The molecule has 0 aromatic heterocycles. The highest BCUT2D eigenvalue weighted by atomic mass is 32.2. The van der Waals surface area contributed by atoms with Gasteiger partial charge in [0.25, 0.3) is 0 Å². The van der Waals surface area contributed by atoms with E-state index >= 15 is 0 Å². The van der Waals surface area contributed by atoms with Crippen LogP contribution in [0.4, 0.5) is 0 Å². The van der Waals surface area contributed by atoms with E-state index < -0.39 is 0 Å². The normalized spacial score (nSPS) is 12.0. The van der Waals surface area contributed by atoms with Crippen LogP contribution in [0.3, 0.4) is 0 Å². The lowest BCUT2D eigenvalue weighted by atomic mass is 10.1. The van der Waals surface area contributed by atoms with Crippen molar-refractivity contribution in [2.75, 3.05) is 19.3 Å². The second kappa shape index (κ2) is 13.3. The third-order valence-corrected chi connectivity index (χ3v) is 5.06. The Bertz CT molecular complexity index is 180. The SMILES string of the molecule is CCCCCCCCCCCCNCC(C)(C)SC. The van der Waals surface area contributed by atoms with Gasteiger partial charge in [-0.15, -0.1) is 0 Å². The van der Waals surface area contributed by atoms with Crippen molar-refractivity contribution in [3.63, 3.8) is 0 Å². The van der Waals surface area contributed by atoms with Crippen LogP contribution in [0.2, 0.25) is 0 Å². The minimum Gasteiger partial charge on any atom is -0.315 e. The van der Waals surface area contributed by atoms with Crippen LogP contribution >= 0.6 is 11.8 Å². The molecule has 0 bridgehead atoms. The topological polar surface area (TPSA) is 12.0 Å². The molecule has 0 radical (unpaired) electrons. The number of thioether (sulfide) groups is 1. The average Bonchev–Trinajstić information content (AvgIpc) is 2.40. The third-order valence-electron chi connectivity index (χ3n) is 3.81. The minimum atomic E-state index is 0.387. The zero-order chi connectivity index (χ0) is 14.4. The van der Waals surface area contributed by atoms with Gasteiger partial charge in [-0.3, -0.25) is 0 Å². The van der Waals surface area contributed by atoms with Crippen LogP contribution < -0.4 is 5.32 Å². The van der Waals surface area contributed by atoms with Crippen LogP contribution in [0, 0.1) is 0 Å². The van der Waals surface area contributed by atoms with E-state index in [-0.39, 0.29) is 0 Å². The van der Waals surface area contributed by atoms with Crippen molar-refractivity contribution in [1.29, 1.82) is 0 Å². The monoisotopic (exact) mass is 287 g/mol. The molecule has 19 heavy (non-hydrogen) atoms. The molecular formula is C17H37NS. The lowest BCUT2D eigenvalue weighted by molar-refractivity contribution is 0.530.